The van der Waals surface area contributed by atoms with E-state index in [1.165, 1.54) is 0 Å². The van der Waals surface area contributed by atoms with Crippen molar-refractivity contribution in [3.63, 3.8) is 0 Å². The minimum Gasteiger partial charge on any atom is -0.495 e. The lowest BCUT2D eigenvalue weighted by atomic mass is 9.91. The van der Waals surface area contributed by atoms with Crippen LogP contribution in [0.1, 0.15) is 16.7 Å². The number of methoxy groups -OCH3 is 4. The molecule has 0 radical (unpaired) electrons. The highest BCUT2D eigenvalue weighted by molar-refractivity contribution is 6.17. The van der Waals surface area contributed by atoms with E-state index in [0.29, 0.717) is 35.2 Å². The molecule has 0 atom stereocenters. The molecule has 1 aliphatic heterocycles. The SMILES string of the molecule is COc1ccc(C2=NCCc3cc(OC)c(OC)c(OC)c32)cc1N. The summed E-state index contributed by atoms with van der Waals surface area (Å²) in [6, 6.07) is 7.63. The molecule has 0 aliphatic carbocycles. The zero-order valence-electron chi connectivity index (χ0n) is 14.9. The third kappa shape index (κ3) is 2.84. The standard InChI is InChI=1S/C19H22N2O4/c1-22-14-6-5-12(9-13(14)20)17-16-11(7-8-21-17)10-15(23-2)18(24-3)19(16)25-4/h5-6,9-10H,7-8,20H2,1-4H3. The van der Waals surface area contributed by atoms with E-state index in [1.807, 2.05) is 24.3 Å². The lowest BCUT2D eigenvalue weighted by molar-refractivity contribution is 0.323. The molecule has 25 heavy (non-hydrogen) atoms. The molecule has 0 fully saturated rings. The van der Waals surface area contributed by atoms with E-state index in [-0.39, 0.29) is 0 Å². The Labute approximate surface area is 147 Å². The summed E-state index contributed by atoms with van der Waals surface area (Å²) in [4.78, 5) is 4.72. The van der Waals surface area contributed by atoms with Gasteiger partial charge in [0, 0.05) is 17.7 Å². The fourth-order valence-corrected chi connectivity index (χ4v) is 3.15. The zero-order valence-corrected chi connectivity index (χ0v) is 14.9. The van der Waals surface area contributed by atoms with Gasteiger partial charge in [0.1, 0.15) is 5.75 Å². The average Bonchev–Trinajstić information content (AvgIpc) is 2.65. The van der Waals surface area contributed by atoms with Crippen LogP contribution in [0.25, 0.3) is 0 Å². The summed E-state index contributed by atoms with van der Waals surface area (Å²) in [7, 11) is 6.43. The Hall–Kier alpha value is -2.89. The molecule has 0 aromatic heterocycles. The van der Waals surface area contributed by atoms with E-state index in [4.69, 9.17) is 29.7 Å². The van der Waals surface area contributed by atoms with Crippen molar-refractivity contribution in [2.24, 2.45) is 4.99 Å². The minimum atomic E-state index is 0.555. The fourth-order valence-electron chi connectivity index (χ4n) is 3.15. The van der Waals surface area contributed by atoms with Gasteiger partial charge < -0.3 is 24.7 Å². The van der Waals surface area contributed by atoms with Gasteiger partial charge in [-0.25, -0.2) is 0 Å². The molecule has 0 bridgehead atoms. The maximum atomic E-state index is 6.07. The van der Waals surface area contributed by atoms with Crippen molar-refractivity contribution in [2.75, 3.05) is 40.7 Å². The predicted molar refractivity (Wildman–Crippen MR) is 97.7 cm³/mol. The van der Waals surface area contributed by atoms with E-state index < -0.39 is 0 Å². The van der Waals surface area contributed by atoms with Crippen LogP contribution in [0.15, 0.2) is 29.3 Å². The van der Waals surface area contributed by atoms with Crippen LogP contribution in [0.4, 0.5) is 5.69 Å². The lowest BCUT2D eigenvalue weighted by Gasteiger charge is -2.23. The Morgan fingerprint density at radius 1 is 0.880 bits per heavy atom. The molecule has 0 unspecified atom stereocenters. The van der Waals surface area contributed by atoms with Crippen LogP contribution in [-0.2, 0) is 6.42 Å². The number of benzene rings is 2. The van der Waals surface area contributed by atoms with Crippen LogP contribution in [0, 0.1) is 0 Å². The molecule has 6 heteroatoms. The third-order valence-electron chi connectivity index (χ3n) is 4.30. The maximum absolute atomic E-state index is 6.07. The van der Waals surface area contributed by atoms with Crippen molar-refractivity contribution in [3.8, 4) is 23.0 Å². The monoisotopic (exact) mass is 342 g/mol. The molecule has 1 aliphatic rings. The van der Waals surface area contributed by atoms with Gasteiger partial charge in [0.15, 0.2) is 11.5 Å². The molecule has 0 amide bonds. The first-order valence-electron chi connectivity index (χ1n) is 7.95. The molecule has 0 saturated heterocycles. The van der Waals surface area contributed by atoms with Crippen LogP contribution < -0.4 is 24.7 Å². The lowest BCUT2D eigenvalue weighted by Crippen LogP contribution is -2.17. The summed E-state index contributed by atoms with van der Waals surface area (Å²) in [5, 5.41) is 0. The van der Waals surface area contributed by atoms with Crippen LogP contribution in [0.2, 0.25) is 0 Å². The predicted octanol–water partition coefficient (Wildman–Crippen LogP) is 2.70. The largest absolute Gasteiger partial charge is 0.495 e. The van der Waals surface area contributed by atoms with Gasteiger partial charge in [-0.1, -0.05) is 0 Å². The van der Waals surface area contributed by atoms with E-state index in [0.717, 1.165) is 28.8 Å². The van der Waals surface area contributed by atoms with E-state index in [9.17, 15) is 0 Å². The normalized spacial score (nSPS) is 12.9. The van der Waals surface area contributed by atoms with Crippen molar-refractivity contribution >= 4 is 11.4 Å². The summed E-state index contributed by atoms with van der Waals surface area (Å²) >= 11 is 0. The Balaban J connectivity index is 2.21. The first kappa shape index (κ1) is 17.0. The van der Waals surface area contributed by atoms with Crippen molar-refractivity contribution in [2.45, 2.75) is 6.42 Å². The topological polar surface area (TPSA) is 75.3 Å². The zero-order chi connectivity index (χ0) is 18.0. The summed E-state index contributed by atoms with van der Waals surface area (Å²) in [5.41, 5.74) is 10.4. The van der Waals surface area contributed by atoms with Gasteiger partial charge in [0.25, 0.3) is 0 Å². The molecule has 1 heterocycles. The fraction of sp³-hybridized carbons (Fsp3) is 0.316. The van der Waals surface area contributed by atoms with E-state index in [1.54, 1.807) is 28.4 Å². The van der Waals surface area contributed by atoms with Crippen LogP contribution in [-0.4, -0.2) is 40.7 Å². The number of hydrogen-bond donors (Lipinski definition) is 1. The van der Waals surface area contributed by atoms with Crippen molar-refractivity contribution < 1.29 is 18.9 Å². The molecular formula is C19H22N2O4. The Morgan fingerprint density at radius 2 is 1.60 bits per heavy atom. The highest BCUT2D eigenvalue weighted by atomic mass is 16.5. The number of nitrogens with zero attached hydrogens (tertiary/aromatic N) is 1. The summed E-state index contributed by atoms with van der Waals surface area (Å²) in [6.07, 6.45) is 0.807. The number of nitrogens with two attached hydrogens (primary N) is 1. The van der Waals surface area contributed by atoms with Gasteiger partial charge in [-0.2, -0.15) is 0 Å². The highest BCUT2D eigenvalue weighted by Crippen LogP contribution is 2.44. The number of hydrogen-bond acceptors (Lipinski definition) is 6. The minimum absolute atomic E-state index is 0.555. The molecule has 6 nitrogen and oxygen atoms in total. The number of nitrogen functional groups attached to an aromatic ring is 1. The second kappa shape index (κ2) is 6.93. The van der Waals surface area contributed by atoms with Gasteiger partial charge in [-0.3, -0.25) is 4.99 Å². The molecule has 0 saturated carbocycles. The number of fused-ring (bicyclic) bond motifs is 1. The molecule has 2 aromatic rings. The molecule has 3 rings (SSSR count). The van der Waals surface area contributed by atoms with E-state index in [2.05, 4.69) is 0 Å². The third-order valence-corrected chi connectivity index (χ3v) is 4.30. The Bertz CT molecular complexity index is 831. The maximum Gasteiger partial charge on any atom is 0.203 e. The average molecular weight is 342 g/mol. The van der Waals surface area contributed by atoms with Crippen molar-refractivity contribution in [3.05, 3.63) is 41.0 Å². The van der Waals surface area contributed by atoms with E-state index >= 15 is 0 Å². The van der Waals surface area contributed by atoms with Crippen molar-refractivity contribution in [1.82, 2.24) is 0 Å². The molecule has 2 N–H and O–H groups in total. The van der Waals surface area contributed by atoms with Gasteiger partial charge in [-0.15, -0.1) is 0 Å². The quantitative estimate of drug-likeness (QED) is 0.846. The van der Waals surface area contributed by atoms with Crippen LogP contribution >= 0.6 is 0 Å². The first-order valence-corrected chi connectivity index (χ1v) is 7.95. The van der Waals surface area contributed by atoms with Crippen LogP contribution in [0.3, 0.4) is 0 Å². The number of aliphatic imine (C=N–C) groups is 1. The summed E-state index contributed by atoms with van der Waals surface area (Å²) in [5.74, 6) is 2.46. The Kier molecular flexibility index (Phi) is 4.70. The van der Waals surface area contributed by atoms with Gasteiger partial charge in [0.2, 0.25) is 5.75 Å². The second-order valence-electron chi connectivity index (χ2n) is 5.62. The van der Waals surface area contributed by atoms with Gasteiger partial charge in [-0.05, 0) is 36.2 Å². The number of anilines is 1. The summed E-state index contributed by atoms with van der Waals surface area (Å²) < 4.78 is 21.9. The number of ether oxygens (including phenoxy) is 4. The van der Waals surface area contributed by atoms with Gasteiger partial charge >= 0.3 is 0 Å². The first-order chi connectivity index (χ1) is 12.1. The van der Waals surface area contributed by atoms with Crippen LogP contribution in [0.5, 0.6) is 23.0 Å². The number of rotatable bonds is 5. The molecular weight excluding hydrogens is 320 g/mol. The summed E-state index contributed by atoms with van der Waals surface area (Å²) in [6.45, 7) is 0.687. The smallest absolute Gasteiger partial charge is 0.203 e. The molecule has 0 spiro atoms. The highest BCUT2D eigenvalue weighted by Gasteiger charge is 2.27. The second-order valence-corrected chi connectivity index (χ2v) is 5.62. The Morgan fingerprint density at radius 3 is 2.20 bits per heavy atom. The van der Waals surface area contributed by atoms with Crippen molar-refractivity contribution in [1.29, 1.82) is 0 Å². The molecule has 2 aromatic carbocycles. The van der Waals surface area contributed by atoms with Gasteiger partial charge in [0.05, 0.1) is 39.8 Å². The molecule has 132 valence electrons.